The van der Waals surface area contributed by atoms with Gasteiger partial charge in [0.2, 0.25) is 0 Å². The Hall–Kier alpha value is -1.70. The second kappa shape index (κ2) is 6.65. The zero-order chi connectivity index (χ0) is 14.5. The van der Waals surface area contributed by atoms with Gasteiger partial charge < -0.3 is 15.2 Å². The lowest BCUT2D eigenvalue weighted by atomic mass is 10.1. The van der Waals surface area contributed by atoms with Crippen LogP contribution in [0.2, 0.25) is 0 Å². The summed E-state index contributed by atoms with van der Waals surface area (Å²) in [5, 5.41) is 22.9. The summed E-state index contributed by atoms with van der Waals surface area (Å²) in [4.78, 5) is 12.8. The number of nitro benzene ring substituents is 1. The van der Waals surface area contributed by atoms with Crippen LogP contribution in [0.5, 0.6) is 0 Å². The van der Waals surface area contributed by atoms with Crippen molar-refractivity contribution in [3.8, 4) is 0 Å². The highest BCUT2D eigenvalue weighted by atomic mass is 16.6. The molecular formula is C13H19N3O4. The number of ether oxygens (including phenoxy) is 1. The summed E-state index contributed by atoms with van der Waals surface area (Å²) in [5.74, 6) is 0. The molecule has 20 heavy (non-hydrogen) atoms. The summed E-state index contributed by atoms with van der Waals surface area (Å²) in [6, 6.07) is 5.19. The number of aliphatic hydroxyl groups excluding tert-OH is 1. The molecule has 1 aliphatic rings. The zero-order valence-corrected chi connectivity index (χ0v) is 11.4. The van der Waals surface area contributed by atoms with Crippen molar-refractivity contribution in [2.45, 2.75) is 12.6 Å². The number of nitrogens with one attached hydrogen (secondary N) is 1. The molecule has 2 N–H and O–H groups in total. The number of rotatable bonds is 5. The second-order valence-electron chi connectivity index (χ2n) is 4.77. The average Bonchev–Trinajstić information content (AvgIpc) is 2.47. The molecule has 0 aliphatic carbocycles. The molecule has 2 rings (SSSR count). The molecule has 1 fully saturated rings. The fraction of sp³-hybridized carbons (Fsp3) is 0.538. The van der Waals surface area contributed by atoms with Crippen LogP contribution in [0.15, 0.2) is 18.2 Å². The molecule has 1 heterocycles. The Kier molecular flexibility index (Phi) is 4.89. The lowest BCUT2D eigenvalue weighted by Crippen LogP contribution is -2.43. The van der Waals surface area contributed by atoms with Crippen molar-refractivity contribution in [3.63, 3.8) is 0 Å². The highest BCUT2D eigenvalue weighted by Crippen LogP contribution is 2.25. The van der Waals surface area contributed by atoms with Gasteiger partial charge in [-0.05, 0) is 11.6 Å². The summed E-state index contributed by atoms with van der Waals surface area (Å²) in [5.41, 5.74) is 1.47. The number of nitro groups is 1. The molecule has 1 atom stereocenters. The van der Waals surface area contributed by atoms with Crippen LogP contribution in [0, 0.1) is 10.1 Å². The first-order valence-electron chi connectivity index (χ1n) is 6.54. The average molecular weight is 281 g/mol. The Bertz CT molecular complexity index is 481. The molecule has 110 valence electrons. The minimum Gasteiger partial charge on any atom is -0.394 e. The lowest BCUT2D eigenvalue weighted by Gasteiger charge is -2.31. The van der Waals surface area contributed by atoms with Gasteiger partial charge in [-0.15, -0.1) is 0 Å². The third-order valence-corrected chi connectivity index (χ3v) is 3.36. The quantitative estimate of drug-likeness (QED) is 0.614. The van der Waals surface area contributed by atoms with Crippen molar-refractivity contribution in [2.24, 2.45) is 0 Å². The van der Waals surface area contributed by atoms with Crippen LogP contribution in [0.1, 0.15) is 5.56 Å². The van der Waals surface area contributed by atoms with E-state index in [2.05, 4.69) is 10.2 Å². The largest absolute Gasteiger partial charge is 0.394 e. The molecule has 1 unspecified atom stereocenters. The summed E-state index contributed by atoms with van der Waals surface area (Å²) in [6.45, 7) is 2.58. The molecule has 1 saturated heterocycles. The maximum absolute atomic E-state index is 11.0. The molecular weight excluding hydrogens is 262 g/mol. The van der Waals surface area contributed by atoms with E-state index in [1.54, 1.807) is 19.2 Å². The third-order valence-electron chi connectivity index (χ3n) is 3.36. The second-order valence-corrected chi connectivity index (χ2v) is 4.77. The molecule has 0 amide bonds. The lowest BCUT2D eigenvalue weighted by molar-refractivity contribution is -0.384. The fourth-order valence-corrected chi connectivity index (χ4v) is 2.33. The number of aliphatic hydroxyl groups is 1. The van der Waals surface area contributed by atoms with Crippen LogP contribution in [-0.2, 0) is 11.3 Å². The first-order valence-corrected chi connectivity index (χ1v) is 6.54. The number of anilines is 1. The molecule has 0 aromatic heterocycles. The molecule has 0 spiro atoms. The van der Waals surface area contributed by atoms with Crippen LogP contribution in [-0.4, -0.2) is 54.4 Å². The molecule has 1 aromatic carbocycles. The number of benzene rings is 1. The van der Waals surface area contributed by atoms with Gasteiger partial charge in [0.15, 0.2) is 0 Å². The predicted octanol–water partition coefficient (Wildman–Crippen LogP) is 0.830. The number of hydrogen-bond donors (Lipinski definition) is 2. The van der Waals surface area contributed by atoms with Crippen molar-refractivity contribution in [2.75, 3.05) is 38.7 Å². The topological polar surface area (TPSA) is 87.9 Å². The monoisotopic (exact) mass is 281 g/mol. The first-order chi connectivity index (χ1) is 9.63. The van der Waals surface area contributed by atoms with Gasteiger partial charge in [-0.2, -0.15) is 0 Å². The van der Waals surface area contributed by atoms with Gasteiger partial charge in [0.05, 0.1) is 24.2 Å². The van der Waals surface area contributed by atoms with Crippen LogP contribution >= 0.6 is 0 Å². The number of morpholine rings is 1. The van der Waals surface area contributed by atoms with Crippen molar-refractivity contribution >= 4 is 11.4 Å². The van der Waals surface area contributed by atoms with Crippen molar-refractivity contribution in [3.05, 3.63) is 33.9 Å². The van der Waals surface area contributed by atoms with E-state index >= 15 is 0 Å². The van der Waals surface area contributed by atoms with E-state index in [1.807, 2.05) is 6.07 Å². The van der Waals surface area contributed by atoms with Gasteiger partial charge in [-0.3, -0.25) is 15.0 Å². The third kappa shape index (κ3) is 3.44. The van der Waals surface area contributed by atoms with Gasteiger partial charge in [0.1, 0.15) is 5.69 Å². The van der Waals surface area contributed by atoms with Crippen LogP contribution in [0.4, 0.5) is 11.4 Å². The van der Waals surface area contributed by atoms with E-state index in [4.69, 9.17) is 9.84 Å². The zero-order valence-electron chi connectivity index (χ0n) is 11.4. The SMILES string of the molecule is CNc1ccc(CN2CCOC(CO)C2)cc1[N+](=O)[O-]. The van der Waals surface area contributed by atoms with Gasteiger partial charge >= 0.3 is 0 Å². The van der Waals surface area contributed by atoms with E-state index in [1.165, 1.54) is 0 Å². The fourth-order valence-electron chi connectivity index (χ4n) is 2.33. The molecule has 0 saturated carbocycles. The van der Waals surface area contributed by atoms with E-state index in [0.29, 0.717) is 25.4 Å². The molecule has 0 radical (unpaired) electrons. The first kappa shape index (κ1) is 14.7. The smallest absolute Gasteiger partial charge is 0.292 e. The Morgan fingerprint density at radius 3 is 3.05 bits per heavy atom. The maximum Gasteiger partial charge on any atom is 0.292 e. The highest BCUT2D eigenvalue weighted by molar-refractivity contribution is 5.62. The Morgan fingerprint density at radius 1 is 1.60 bits per heavy atom. The predicted molar refractivity (Wildman–Crippen MR) is 74.7 cm³/mol. The normalized spacial score (nSPS) is 19.8. The summed E-state index contributed by atoms with van der Waals surface area (Å²) in [7, 11) is 1.66. The van der Waals surface area contributed by atoms with E-state index in [9.17, 15) is 10.1 Å². The Morgan fingerprint density at radius 2 is 2.40 bits per heavy atom. The van der Waals surface area contributed by atoms with Crippen molar-refractivity contribution < 1.29 is 14.8 Å². The van der Waals surface area contributed by atoms with Gasteiger partial charge in [0, 0.05) is 32.7 Å². The van der Waals surface area contributed by atoms with Gasteiger partial charge in [-0.1, -0.05) is 6.07 Å². The van der Waals surface area contributed by atoms with Gasteiger partial charge in [0.25, 0.3) is 5.69 Å². The number of hydrogen-bond acceptors (Lipinski definition) is 6. The molecule has 0 bridgehead atoms. The standard InChI is InChI=1S/C13H19N3O4/c1-14-12-3-2-10(6-13(12)16(18)19)7-15-4-5-20-11(8-15)9-17/h2-3,6,11,14,17H,4-5,7-9H2,1H3. The van der Waals surface area contributed by atoms with Crippen molar-refractivity contribution in [1.82, 2.24) is 4.90 Å². The molecule has 1 aliphatic heterocycles. The van der Waals surface area contributed by atoms with Gasteiger partial charge in [-0.25, -0.2) is 0 Å². The Balaban J connectivity index is 2.09. The van der Waals surface area contributed by atoms with E-state index in [-0.39, 0.29) is 23.3 Å². The summed E-state index contributed by atoms with van der Waals surface area (Å²) < 4.78 is 5.38. The number of nitrogens with zero attached hydrogens (tertiary/aromatic N) is 2. The van der Waals surface area contributed by atoms with Crippen LogP contribution in [0.3, 0.4) is 0 Å². The minimum atomic E-state index is -0.384. The summed E-state index contributed by atoms with van der Waals surface area (Å²) >= 11 is 0. The Labute approximate surface area is 117 Å². The van der Waals surface area contributed by atoms with Crippen LogP contribution in [0.25, 0.3) is 0 Å². The minimum absolute atomic E-state index is 0.00462. The molecule has 7 nitrogen and oxygen atoms in total. The van der Waals surface area contributed by atoms with Crippen LogP contribution < -0.4 is 5.32 Å². The molecule has 1 aromatic rings. The van der Waals surface area contributed by atoms with E-state index in [0.717, 1.165) is 12.1 Å². The van der Waals surface area contributed by atoms with Crippen molar-refractivity contribution in [1.29, 1.82) is 0 Å². The molecule has 7 heteroatoms. The maximum atomic E-state index is 11.0. The summed E-state index contributed by atoms with van der Waals surface area (Å²) in [6.07, 6.45) is -0.171. The van der Waals surface area contributed by atoms with E-state index < -0.39 is 0 Å². The highest BCUT2D eigenvalue weighted by Gasteiger charge is 2.21.